The van der Waals surface area contributed by atoms with Crippen LogP contribution in [0.25, 0.3) is 0 Å². The van der Waals surface area contributed by atoms with Gasteiger partial charge in [-0.3, -0.25) is 4.79 Å². The molecule has 0 saturated carbocycles. The molecule has 0 N–H and O–H groups in total. The predicted octanol–water partition coefficient (Wildman–Crippen LogP) is 3.84. The maximum absolute atomic E-state index is 13.1. The van der Waals surface area contributed by atoms with Gasteiger partial charge in [0.1, 0.15) is 5.82 Å². The van der Waals surface area contributed by atoms with Crippen LogP contribution in [0.5, 0.6) is 0 Å². The Kier molecular flexibility index (Phi) is 5.24. The lowest BCUT2D eigenvalue weighted by atomic mass is 10.0. The molecule has 4 rings (SSSR count). The largest absolute Gasteiger partial charge is 0.329 e. The fourth-order valence-corrected chi connectivity index (χ4v) is 4.05. The molecule has 1 aliphatic heterocycles. The van der Waals surface area contributed by atoms with Crippen LogP contribution in [-0.4, -0.2) is 32.1 Å². The second kappa shape index (κ2) is 7.97. The summed E-state index contributed by atoms with van der Waals surface area (Å²) >= 11 is 0. The molecular formula is C23H26N4O. The van der Waals surface area contributed by atoms with Crippen molar-refractivity contribution in [3.05, 3.63) is 82.9 Å². The fraction of sp³-hybridized carbons (Fsp3) is 0.348. The van der Waals surface area contributed by atoms with Crippen molar-refractivity contribution < 1.29 is 4.79 Å². The Bertz CT molecular complexity index is 964. The number of aryl methyl sites for hydroxylation is 3. The first-order chi connectivity index (χ1) is 13.7. The molecule has 1 aromatic heterocycles. The van der Waals surface area contributed by atoms with Gasteiger partial charge in [-0.1, -0.05) is 55.5 Å². The van der Waals surface area contributed by atoms with Crippen LogP contribution in [-0.2, 0) is 25.8 Å². The normalized spacial score (nSPS) is 16.1. The van der Waals surface area contributed by atoms with Gasteiger partial charge in [0, 0.05) is 18.5 Å². The molecule has 1 aliphatic rings. The van der Waals surface area contributed by atoms with Crippen LogP contribution in [0.4, 0.5) is 0 Å². The van der Waals surface area contributed by atoms with Gasteiger partial charge in [-0.15, -0.1) is 10.2 Å². The summed E-state index contributed by atoms with van der Waals surface area (Å²) in [5.74, 6) is 1.97. The molecule has 0 fully saturated rings. The van der Waals surface area contributed by atoms with Crippen molar-refractivity contribution in [1.29, 1.82) is 0 Å². The lowest BCUT2D eigenvalue weighted by molar-refractivity contribution is 0.0678. The minimum absolute atomic E-state index is 0.0874. The van der Waals surface area contributed by atoms with E-state index in [0.29, 0.717) is 13.1 Å². The van der Waals surface area contributed by atoms with Crippen LogP contribution >= 0.6 is 0 Å². The summed E-state index contributed by atoms with van der Waals surface area (Å²) < 4.78 is 2.22. The zero-order chi connectivity index (χ0) is 19.5. The van der Waals surface area contributed by atoms with Gasteiger partial charge in [0.25, 0.3) is 5.91 Å². The fourth-order valence-electron chi connectivity index (χ4n) is 4.05. The Morgan fingerprint density at radius 2 is 1.79 bits per heavy atom. The Labute approximate surface area is 166 Å². The zero-order valence-electron chi connectivity index (χ0n) is 16.5. The lowest BCUT2D eigenvalue weighted by Gasteiger charge is -2.33. The molecule has 0 spiro atoms. The summed E-state index contributed by atoms with van der Waals surface area (Å²) in [7, 11) is 0. The minimum Gasteiger partial charge on any atom is -0.329 e. The Morgan fingerprint density at radius 1 is 1.04 bits per heavy atom. The third-order valence-electron chi connectivity index (χ3n) is 5.49. The first-order valence-electron chi connectivity index (χ1n) is 10.0. The van der Waals surface area contributed by atoms with Gasteiger partial charge in [-0.2, -0.15) is 0 Å². The topological polar surface area (TPSA) is 51.0 Å². The van der Waals surface area contributed by atoms with Crippen LogP contribution in [0.3, 0.4) is 0 Å². The van der Waals surface area contributed by atoms with Crippen LogP contribution in [0.2, 0.25) is 0 Å². The number of carbonyl (C=O) groups is 1. The van der Waals surface area contributed by atoms with E-state index in [9.17, 15) is 4.79 Å². The molecule has 0 bridgehead atoms. The van der Waals surface area contributed by atoms with Crippen molar-refractivity contribution in [3.63, 3.8) is 0 Å². The molecule has 2 aromatic carbocycles. The molecule has 144 valence electrons. The number of fused-ring (bicyclic) bond motifs is 1. The molecule has 2 heterocycles. The highest BCUT2D eigenvalue weighted by atomic mass is 16.2. The molecule has 3 aromatic rings. The van der Waals surface area contributed by atoms with Gasteiger partial charge >= 0.3 is 0 Å². The summed E-state index contributed by atoms with van der Waals surface area (Å²) in [6, 6.07) is 18.5. The molecule has 1 amide bonds. The summed E-state index contributed by atoms with van der Waals surface area (Å²) in [5.41, 5.74) is 3.20. The smallest absolute Gasteiger partial charge is 0.254 e. The third-order valence-corrected chi connectivity index (χ3v) is 5.49. The van der Waals surface area contributed by atoms with Crippen LogP contribution in [0, 0.1) is 0 Å². The van der Waals surface area contributed by atoms with Crippen LogP contribution in [0.15, 0.2) is 54.6 Å². The average Bonchev–Trinajstić information content (AvgIpc) is 3.16. The monoisotopic (exact) mass is 374 g/mol. The molecule has 0 radical (unpaired) electrons. The molecule has 1 atom stereocenters. The van der Waals surface area contributed by atoms with Crippen molar-refractivity contribution in [2.45, 2.75) is 45.7 Å². The number of rotatable bonds is 5. The molecule has 0 aliphatic carbocycles. The van der Waals surface area contributed by atoms with Crippen molar-refractivity contribution in [3.8, 4) is 0 Å². The highest BCUT2D eigenvalue weighted by Crippen LogP contribution is 2.24. The second-order valence-electron chi connectivity index (χ2n) is 7.43. The van der Waals surface area contributed by atoms with E-state index >= 15 is 0 Å². The molecule has 5 nitrogen and oxygen atoms in total. The van der Waals surface area contributed by atoms with Gasteiger partial charge in [0.2, 0.25) is 0 Å². The number of carbonyl (C=O) groups excluding carboxylic acids is 1. The molecule has 0 saturated heterocycles. The van der Waals surface area contributed by atoms with E-state index in [1.165, 1.54) is 5.56 Å². The minimum atomic E-state index is 0.0874. The average molecular weight is 374 g/mol. The first kappa shape index (κ1) is 18.4. The number of aromatic nitrogens is 3. The summed E-state index contributed by atoms with van der Waals surface area (Å²) in [6.45, 7) is 5.42. The van der Waals surface area contributed by atoms with E-state index < -0.39 is 0 Å². The van der Waals surface area contributed by atoms with E-state index in [1.54, 1.807) is 0 Å². The summed E-state index contributed by atoms with van der Waals surface area (Å²) in [5, 5.41) is 8.85. The molecule has 28 heavy (non-hydrogen) atoms. The Hall–Kier alpha value is -2.95. The number of benzene rings is 2. The van der Waals surface area contributed by atoms with E-state index in [1.807, 2.05) is 35.2 Å². The number of amides is 1. The van der Waals surface area contributed by atoms with Crippen molar-refractivity contribution in [2.75, 3.05) is 6.54 Å². The maximum atomic E-state index is 13.1. The standard InChI is InChI=1S/C23H26N4O/c1-3-19-11-7-8-12-20(19)23(28)26-15-17(2)27-21(24-25-22(27)16-26)14-13-18-9-5-4-6-10-18/h4-12,17H,3,13-16H2,1-2H3/t17-/m0/s1. The van der Waals surface area contributed by atoms with Gasteiger partial charge in [-0.25, -0.2) is 0 Å². The van der Waals surface area contributed by atoms with Gasteiger partial charge < -0.3 is 9.47 Å². The maximum Gasteiger partial charge on any atom is 0.254 e. The van der Waals surface area contributed by atoms with E-state index in [2.05, 4.69) is 52.9 Å². The van der Waals surface area contributed by atoms with Crippen molar-refractivity contribution >= 4 is 5.91 Å². The lowest BCUT2D eigenvalue weighted by Crippen LogP contribution is -2.41. The van der Waals surface area contributed by atoms with Crippen LogP contribution < -0.4 is 0 Å². The van der Waals surface area contributed by atoms with Gasteiger partial charge in [0.05, 0.1) is 12.6 Å². The molecule has 5 heteroatoms. The van der Waals surface area contributed by atoms with E-state index in [-0.39, 0.29) is 11.9 Å². The number of hydrogen-bond acceptors (Lipinski definition) is 3. The second-order valence-corrected chi connectivity index (χ2v) is 7.43. The van der Waals surface area contributed by atoms with Crippen molar-refractivity contribution in [2.24, 2.45) is 0 Å². The van der Waals surface area contributed by atoms with E-state index in [4.69, 9.17) is 0 Å². The predicted molar refractivity (Wildman–Crippen MR) is 109 cm³/mol. The zero-order valence-corrected chi connectivity index (χ0v) is 16.5. The number of hydrogen-bond donors (Lipinski definition) is 0. The van der Waals surface area contributed by atoms with Gasteiger partial charge in [0.15, 0.2) is 5.82 Å². The Balaban J connectivity index is 1.52. The quantitative estimate of drug-likeness (QED) is 0.682. The van der Waals surface area contributed by atoms with Crippen molar-refractivity contribution in [1.82, 2.24) is 19.7 Å². The first-order valence-corrected chi connectivity index (χ1v) is 10.0. The van der Waals surface area contributed by atoms with Crippen LogP contribution in [0.1, 0.15) is 53.0 Å². The SMILES string of the molecule is CCc1ccccc1C(=O)N1Cc2nnc(CCc3ccccc3)n2[C@@H](C)C1. The van der Waals surface area contributed by atoms with Gasteiger partial charge in [-0.05, 0) is 37.0 Å². The van der Waals surface area contributed by atoms with E-state index in [0.717, 1.165) is 42.0 Å². The molecular weight excluding hydrogens is 348 g/mol. The summed E-state index contributed by atoms with van der Waals surface area (Å²) in [6.07, 6.45) is 2.65. The Morgan fingerprint density at radius 3 is 2.57 bits per heavy atom. The number of nitrogens with zero attached hydrogens (tertiary/aromatic N) is 4. The highest BCUT2D eigenvalue weighted by molar-refractivity contribution is 5.95. The third kappa shape index (κ3) is 3.57. The highest BCUT2D eigenvalue weighted by Gasteiger charge is 2.30. The summed E-state index contributed by atoms with van der Waals surface area (Å²) in [4.78, 5) is 15.0. The molecule has 0 unspecified atom stereocenters.